The standard InChI is InChI=1S/C16H14BrN3O4/c1-23-13-8-10(9-19-20-16(18)22)7-12(17)14(13)24-15(21)11-5-3-2-4-6-11/h2-9H,1H3,(H3,18,20,22)/b19-9+. The number of hydrogen-bond donors (Lipinski definition) is 2. The maximum Gasteiger partial charge on any atom is 0.343 e. The number of esters is 1. The minimum absolute atomic E-state index is 0.242. The van der Waals surface area contributed by atoms with Crippen molar-refractivity contribution < 1.29 is 19.1 Å². The van der Waals surface area contributed by atoms with E-state index in [2.05, 4.69) is 26.5 Å². The highest BCUT2D eigenvalue weighted by molar-refractivity contribution is 9.10. The van der Waals surface area contributed by atoms with Crippen LogP contribution in [0.4, 0.5) is 4.79 Å². The van der Waals surface area contributed by atoms with Crippen LogP contribution in [-0.4, -0.2) is 25.3 Å². The van der Waals surface area contributed by atoms with Crippen LogP contribution in [0.2, 0.25) is 0 Å². The molecule has 0 aliphatic rings. The summed E-state index contributed by atoms with van der Waals surface area (Å²) in [6.45, 7) is 0. The van der Waals surface area contributed by atoms with E-state index in [0.29, 0.717) is 21.3 Å². The predicted molar refractivity (Wildman–Crippen MR) is 92.4 cm³/mol. The first-order chi connectivity index (χ1) is 11.5. The molecule has 0 aliphatic heterocycles. The highest BCUT2D eigenvalue weighted by atomic mass is 79.9. The summed E-state index contributed by atoms with van der Waals surface area (Å²) in [5.41, 5.74) is 8.03. The molecule has 24 heavy (non-hydrogen) atoms. The highest BCUT2D eigenvalue weighted by Gasteiger charge is 2.16. The molecule has 0 saturated heterocycles. The molecule has 0 atom stereocenters. The molecule has 2 aromatic rings. The molecule has 0 aromatic heterocycles. The summed E-state index contributed by atoms with van der Waals surface area (Å²) in [6.07, 6.45) is 1.38. The van der Waals surface area contributed by atoms with Gasteiger partial charge in [0.25, 0.3) is 0 Å². The average Bonchev–Trinajstić information content (AvgIpc) is 2.57. The second-order valence-corrected chi connectivity index (χ2v) is 5.38. The number of primary amides is 1. The van der Waals surface area contributed by atoms with Crippen LogP contribution in [-0.2, 0) is 0 Å². The Hall–Kier alpha value is -2.87. The number of amides is 2. The van der Waals surface area contributed by atoms with Crippen molar-refractivity contribution in [3.05, 3.63) is 58.1 Å². The molecule has 124 valence electrons. The number of ether oxygens (including phenoxy) is 2. The number of nitrogens with two attached hydrogens (primary N) is 1. The molecule has 3 N–H and O–H groups in total. The molecule has 0 spiro atoms. The number of hydrazone groups is 1. The topological polar surface area (TPSA) is 103 Å². The lowest BCUT2D eigenvalue weighted by atomic mass is 10.2. The van der Waals surface area contributed by atoms with Crippen LogP contribution in [0.15, 0.2) is 52.0 Å². The van der Waals surface area contributed by atoms with Gasteiger partial charge in [-0.1, -0.05) is 18.2 Å². The molecular weight excluding hydrogens is 378 g/mol. The Morgan fingerprint density at radius 3 is 2.58 bits per heavy atom. The van der Waals surface area contributed by atoms with Gasteiger partial charge < -0.3 is 15.2 Å². The van der Waals surface area contributed by atoms with Gasteiger partial charge >= 0.3 is 12.0 Å². The lowest BCUT2D eigenvalue weighted by molar-refractivity contribution is 0.0728. The summed E-state index contributed by atoms with van der Waals surface area (Å²) in [4.78, 5) is 22.8. The van der Waals surface area contributed by atoms with Crippen molar-refractivity contribution >= 4 is 34.1 Å². The van der Waals surface area contributed by atoms with Gasteiger partial charge in [-0.3, -0.25) is 0 Å². The minimum atomic E-state index is -0.773. The fourth-order valence-electron chi connectivity index (χ4n) is 1.81. The van der Waals surface area contributed by atoms with Crippen molar-refractivity contribution in [3.63, 3.8) is 0 Å². The van der Waals surface area contributed by atoms with Gasteiger partial charge in [0.2, 0.25) is 0 Å². The first-order valence-electron chi connectivity index (χ1n) is 6.74. The Bertz CT molecular complexity index is 778. The summed E-state index contributed by atoms with van der Waals surface area (Å²) in [5.74, 6) is 0.0620. The third kappa shape index (κ3) is 4.56. The van der Waals surface area contributed by atoms with E-state index in [-0.39, 0.29) is 5.75 Å². The monoisotopic (exact) mass is 391 g/mol. The molecule has 2 aromatic carbocycles. The number of rotatable bonds is 5. The van der Waals surface area contributed by atoms with Crippen molar-refractivity contribution in [2.24, 2.45) is 10.8 Å². The Kier molecular flexibility index (Phi) is 5.91. The van der Waals surface area contributed by atoms with E-state index in [1.165, 1.54) is 13.3 Å². The summed E-state index contributed by atoms with van der Waals surface area (Å²) >= 11 is 3.33. The Labute approximate surface area is 146 Å². The number of carbonyl (C=O) groups is 2. The Balaban J connectivity index is 2.25. The number of halogens is 1. The molecule has 7 nitrogen and oxygen atoms in total. The van der Waals surface area contributed by atoms with Crippen LogP contribution in [0, 0.1) is 0 Å². The van der Waals surface area contributed by atoms with Gasteiger partial charge in [-0.2, -0.15) is 5.10 Å². The predicted octanol–water partition coefficient (Wildman–Crippen LogP) is 2.68. The number of nitrogens with zero attached hydrogens (tertiary/aromatic N) is 1. The SMILES string of the molecule is COc1cc(/C=N/NC(N)=O)cc(Br)c1OC(=O)c1ccccc1. The number of nitrogens with one attached hydrogen (secondary N) is 1. The van der Waals surface area contributed by atoms with Crippen molar-refractivity contribution in [1.82, 2.24) is 5.43 Å². The number of carbonyl (C=O) groups excluding carboxylic acids is 2. The van der Waals surface area contributed by atoms with E-state index >= 15 is 0 Å². The first-order valence-corrected chi connectivity index (χ1v) is 7.54. The first kappa shape index (κ1) is 17.5. The van der Waals surface area contributed by atoms with E-state index in [0.717, 1.165) is 0 Å². The normalized spacial score (nSPS) is 10.4. The fraction of sp³-hybridized carbons (Fsp3) is 0.0625. The van der Waals surface area contributed by atoms with Crippen LogP contribution in [0.1, 0.15) is 15.9 Å². The van der Waals surface area contributed by atoms with Crippen LogP contribution >= 0.6 is 15.9 Å². The van der Waals surface area contributed by atoms with E-state index < -0.39 is 12.0 Å². The van der Waals surface area contributed by atoms with Gasteiger partial charge in [-0.25, -0.2) is 15.0 Å². The van der Waals surface area contributed by atoms with Crippen molar-refractivity contribution in [2.45, 2.75) is 0 Å². The van der Waals surface area contributed by atoms with Crippen molar-refractivity contribution in [2.75, 3.05) is 7.11 Å². The highest BCUT2D eigenvalue weighted by Crippen LogP contribution is 2.36. The molecule has 0 saturated carbocycles. The maximum atomic E-state index is 12.2. The lowest BCUT2D eigenvalue weighted by Gasteiger charge is -2.12. The molecule has 0 unspecified atom stereocenters. The van der Waals surface area contributed by atoms with Gasteiger partial charge in [0.15, 0.2) is 11.5 Å². The zero-order valence-corrected chi connectivity index (χ0v) is 14.2. The van der Waals surface area contributed by atoms with Crippen LogP contribution in [0.25, 0.3) is 0 Å². The van der Waals surface area contributed by atoms with E-state index in [4.69, 9.17) is 15.2 Å². The largest absolute Gasteiger partial charge is 0.493 e. The van der Waals surface area contributed by atoms with Gasteiger partial charge in [0.05, 0.1) is 23.4 Å². The van der Waals surface area contributed by atoms with E-state index in [9.17, 15) is 9.59 Å². The summed E-state index contributed by atoms with van der Waals surface area (Å²) < 4.78 is 11.1. The van der Waals surface area contributed by atoms with Gasteiger partial charge in [0, 0.05) is 0 Å². The summed E-state index contributed by atoms with van der Waals surface area (Å²) in [6, 6.07) is 11.1. The third-order valence-corrected chi connectivity index (χ3v) is 3.43. The lowest BCUT2D eigenvalue weighted by Crippen LogP contribution is -2.24. The molecule has 0 radical (unpaired) electrons. The van der Waals surface area contributed by atoms with Crippen LogP contribution in [0.3, 0.4) is 0 Å². The molecule has 2 amide bonds. The van der Waals surface area contributed by atoms with Crippen LogP contribution in [0.5, 0.6) is 11.5 Å². The fourth-order valence-corrected chi connectivity index (χ4v) is 2.35. The average molecular weight is 392 g/mol. The smallest absolute Gasteiger partial charge is 0.343 e. The molecule has 0 aliphatic carbocycles. The third-order valence-electron chi connectivity index (χ3n) is 2.84. The molecule has 0 fully saturated rings. The summed E-state index contributed by atoms with van der Waals surface area (Å²) in [5, 5.41) is 3.66. The second kappa shape index (κ2) is 8.11. The quantitative estimate of drug-likeness (QED) is 0.353. The van der Waals surface area contributed by atoms with Gasteiger partial charge in [0.1, 0.15) is 0 Å². The summed E-state index contributed by atoms with van der Waals surface area (Å²) in [7, 11) is 1.45. The minimum Gasteiger partial charge on any atom is -0.493 e. The Morgan fingerprint density at radius 1 is 1.25 bits per heavy atom. The Morgan fingerprint density at radius 2 is 1.96 bits per heavy atom. The molecule has 0 bridgehead atoms. The van der Waals surface area contributed by atoms with Crippen molar-refractivity contribution in [3.8, 4) is 11.5 Å². The molecule has 0 heterocycles. The molecule has 8 heteroatoms. The zero-order valence-electron chi connectivity index (χ0n) is 12.7. The second-order valence-electron chi connectivity index (χ2n) is 4.52. The van der Waals surface area contributed by atoms with Crippen molar-refractivity contribution in [1.29, 1.82) is 0 Å². The van der Waals surface area contributed by atoms with Gasteiger partial charge in [-0.15, -0.1) is 0 Å². The number of benzene rings is 2. The van der Waals surface area contributed by atoms with Crippen LogP contribution < -0.4 is 20.6 Å². The number of methoxy groups -OCH3 is 1. The van der Waals surface area contributed by atoms with E-state index in [1.807, 2.05) is 6.07 Å². The molecule has 2 rings (SSSR count). The zero-order chi connectivity index (χ0) is 17.5. The molecular formula is C16H14BrN3O4. The maximum absolute atomic E-state index is 12.2. The van der Waals surface area contributed by atoms with E-state index in [1.54, 1.807) is 36.4 Å². The number of hydrogen-bond acceptors (Lipinski definition) is 5. The van der Waals surface area contributed by atoms with Gasteiger partial charge in [-0.05, 0) is 45.8 Å². The number of urea groups is 1.